The average molecular weight is 510 g/mol. The highest BCUT2D eigenvalue weighted by molar-refractivity contribution is 5.92. The molecule has 2 aromatic heterocycles. The monoisotopic (exact) mass is 509 g/mol. The van der Waals surface area contributed by atoms with E-state index in [4.69, 9.17) is 4.42 Å². The molecule has 2 saturated heterocycles. The number of rotatable bonds is 9. The van der Waals surface area contributed by atoms with Gasteiger partial charge in [0.1, 0.15) is 22.3 Å². The summed E-state index contributed by atoms with van der Waals surface area (Å²) in [5.74, 6) is 0.691. The van der Waals surface area contributed by atoms with Crippen molar-refractivity contribution in [2.45, 2.75) is 19.3 Å². The number of hydrogen-bond acceptors (Lipinski definition) is 9. The maximum atomic E-state index is 15.3. The van der Waals surface area contributed by atoms with Gasteiger partial charge in [-0.1, -0.05) is 0 Å². The van der Waals surface area contributed by atoms with E-state index in [-0.39, 0.29) is 11.7 Å². The molecule has 1 aromatic carbocycles. The van der Waals surface area contributed by atoms with Gasteiger partial charge in [-0.15, -0.1) is 0 Å². The van der Waals surface area contributed by atoms with Crippen LogP contribution in [0.2, 0.25) is 0 Å². The molecule has 0 amide bonds. The van der Waals surface area contributed by atoms with E-state index in [0.29, 0.717) is 40.5 Å². The summed E-state index contributed by atoms with van der Waals surface area (Å²) in [5.41, 5.74) is 1.17. The van der Waals surface area contributed by atoms with Crippen LogP contribution in [-0.2, 0) is 0 Å². The van der Waals surface area contributed by atoms with Crippen LogP contribution in [0, 0.1) is 15.9 Å². The largest absolute Gasteiger partial charge is 0.433 e. The molecule has 0 bridgehead atoms. The van der Waals surface area contributed by atoms with Crippen molar-refractivity contribution in [3.05, 3.63) is 51.8 Å². The number of halogens is 1. The fourth-order valence-electron chi connectivity index (χ4n) is 4.86. The predicted octanol–water partition coefficient (Wildman–Crippen LogP) is 4.09. The summed E-state index contributed by atoms with van der Waals surface area (Å²) in [6.07, 6.45) is 6.71. The summed E-state index contributed by atoms with van der Waals surface area (Å²) in [6, 6.07) is 6.14. The highest BCUT2D eigenvalue weighted by Crippen LogP contribution is 2.30. The number of nitro groups is 1. The van der Waals surface area contributed by atoms with Gasteiger partial charge in [0, 0.05) is 38.1 Å². The van der Waals surface area contributed by atoms with Gasteiger partial charge in [0.05, 0.1) is 17.3 Å². The van der Waals surface area contributed by atoms with Crippen molar-refractivity contribution in [1.29, 1.82) is 0 Å². The number of fused-ring (bicyclic) bond motifs is 1. The van der Waals surface area contributed by atoms with Crippen molar-refractivity contribution >= 4 is 40.4 Å². The topological polar surface area (TPSA) is 104 Å². The molecule has 2 fully saturated rings. The first kappa shape index (κ1) is 25.1. The Labute approximate surface area is 214 Å². The lowest BCUT2D eigenvalue weighted by Crippen LogP contribution is -2.44. The maximum Gasteiger partial charge on any atom is 0.433 e. The highest BCUT2D eigenvalue weighted by atomic mass is 19.1. The van der Waals surface area contributed by atoms with Crippen LogP contribution in [0.1, 0.15) is 30.8 Å². The molecule has 11 heteroatoms. The van der Waals surface area contributed by atoms with Crippen LogP contribution in [0.5, 0.6) is 0 Å². The van der Waals surface area contributed by atoms with Crippen molar-refractivity contribution in [3.63, 3.8) is 0 Å². The maximum absolute atomic E-state index is 15.3. The number of nitrogens with one attached hydrogen (secondary N) is 1. The molecule has 0 radical (unpaired) electrons. The molecule has 0 unspecified atom stereocenters. The molecular formula is C26H32FN7O3. The first-order chi connectivity index (χ1) is 18.0. The van der Waals surface area contributed by atoms with E-state index in [1.54, 1.807) is 18.2 Å². The normalized spacial score (nSPS) is 17.3. The van der Waals surface area contributed by atoms with Crippen LogP contribution >= 0.6 is 0 Å². The van der Waals surface area contributed by atoms with E-state index in [1.165, 1.54) is 31.0 Å². The SMILES string of the molecule is CN1CCN(c2cc3nc(/C=C/c4ccc([N+](=O)[O-])o4)nc(NCCCN4CCCC4)c3cc2F)CC1. The molecule has 2 aliphatic heterocycles. The zero-order valence-corrected chi connectivity index (χ0v) is 21.0. The van der Waals surface area contributed by atoms with Gasteiger partial charge in [-0.05, 0) is 76.3 Å². The minimum Gasteiger partial charge on any atom is -0.401 e. The predicted molar refractivity (Wildman–Crippen MR) is 142 cm³/mol. The molecule has 10 nitrogen and oxygen atoms in total. The molecule has 5 rings (SSSR count). The summed E-state index contributed by atoms with van der Waals surface area (Å²) < 4.78 is 20.5. The second-order valence-electron chi connectivity index (χ2n) is 9.64. The van der Waals surface area contributed by atoms with Gasteiger partial charge < -0.3 is 24.4 Å². The van der Waals surface area contributed by atoms with Gasteiger partial charge in [0.25, 0.3) is 0 Å². The van der Waals surface area contributed by atoms with Crippen molar-refractivity contribution in [2.24, 2.45) is 0 Å². The first-order valence-corrected chi connectivity index (χ1v) is 12.8. The lowest BCUT2D eigenvalue weighted by molar-refractivity contribution is -0.402. The molecule has 37 heavy (non-hydrogen) atoms. The van der Waals surface area contributed by atoms with Crippen LogP contribution in [-0.4, -0.2) is 84.1 Å². The highest BCUT2D eigenvalue weighted by Gasteiger charge is 2.20. The van der Waals surface area contributed by atoms with Crippen molar-refractivity contribution in [2.75, 3.05) is 69.6 Å². The fraction of sp³-hybridized carbons (Fsp3) is 0.462. The smallest absolute Gasteiger partial charge is 0.401 e. The molecular weight excluding hydrogens is 477 g/mol. The number of aromatic nitrogens is 2. The van der Waals surface area contributed by atoms with Crippen LogP contribution in [0.15, 0.2) is 28.7 Å². The Hall–Kier alpha value is -3.57. The Balaban J connectivity index is 1.42. The standard InChI is InChI=1S/C26H32FN7O3/c1-31-13-15-33(16-14-31)23-18-22-20(17-21(23)27)26(28-9-4-12-32-10-2-3-11-32)30-24(29-22)7-5-19-6-8-25(37-19)34(35)36/h5-8,17-18H,2-4,9-16H2,1H3,(H,28,29,30)/b7-5+. The first-order valence-electron chi connectivity index (χ1n) is 12.8. The molecule has 0 atom stereocenters. The Morgan fingerprint density at radius 2 is 1.89 bits per heavy atom. The Morgan fingerprint density at radius 3 is 2.62 bits per heavy atom. The summed E-state index contributed by atoms with van der Waals surface area (Å²) in [4.78, 5) is 26.4. The van der Waals surface area contributed by atoms with Crippen molar-refractivity contribution < 1.29 is 13.7 Å². The third-order valence-electron chi connectivity index (χ3n) is 6.96. The number of piperazine rings is 1. The molecule has 4 heterocycles. The Bertz CT molecular complexity index is 1280. The second kappa shape index (κ2) is 11.2. The molecule has 2 aliphatic rings. The average Bonchev–Trinajstić information content (AvgIpc) is 3.58. The van der Waals surface area contributed by atoms with Gasteiger partial charge in [0.2, 0.25) is 0 Å². The van der Waals surface area contributed by atoms with Crippen LogP contribution < -0.4 is 10.2 Å². The molecule has 0 spiro atoms. The van der Waals surface area contributed by atoms with Gasteiger partial charge in [-0.3, -0.25) is 10.1 Å². The Morgan fingerprint density at radius 1 is 1.11 bits per heavy atom. The lowest BCUT2D eigenvalue weighted by Gasteiger charge is -2.34. The third kappa shape index (κ3) is 6.05. The zero-order chi connectivity index (χ0) is 25.8. The number of likely N-dealkylation sites (tertiary alicyclic amines) is 1. The number of likely N-dealkylation sites (N-methyl/N-ethyl adjacent to an activating group) is 1. The van der Waals surface area contributed by atoms with Gasteiger partial charge in [-0.25, -0.2) is 14.4 Å². The number of benzene rings is 1. The second-order valence-corrected chi connectivity index (χ2v) is 9.64. The summed E-state index contributed by atoms with van der Waals surface area (Å²) in [7, 11) is 2.06. The van der Waals surface area contributed by atoms with Gasteiger partial charge >= 0.3 is 5.88 Å². The number of hydrogen-bond donors (Lipinski definition) is 1. The summed E-state index contributed by atoms with van der Waals surface area (Å²) >= 11 is 0. The van der Waals surface area contributed by atoms with E-state index < -0.39 is 4.92 Å². The van der Waals surface area contributed by atoms with Gasteiger partial charge in [-0.2, -0.15) is 0 Å². The number of nitrogens with zero attached hydrogens (tertiary/aromatic N) is 6. The Kier molecular flexibility index (Phi) is 7.61. The van der Waals surface area contributed by atoms with Gasteiger partial charge in [0.15, 0.2) is 5.82 Å². The minimum atomic E-state index is -0.581. The number of anilines is 2. The number of furan rings is 1. The minimum absolute atomic E-state index is 0.285. The summed E-state index contributed by atoms with van der Waals surface area (Å²) in [5, 5.41) is 14.9. The van der Waals surface area contributed by atoms with Crippen molar-refractivity contribution in [1.82, 2.24) is 19.8 Å². The molecule has 0 saturated carbocycles. The van der Waals surface area contributed by atoms with E-state index in [2.05, 4.69) is 37.0 Å². The van der Waals surface area contributed by atoms with Crippen LogP contribution in [0.3, 0.4) is 0 Å². The van der Waals surface area contributed by atoms with Crippen LogP contribution in [0.25, 0.3) is 23.1 Å². The lowest BCUT2D eigenvalue weighted by atomic mass is 10.1. The van der Waals surface area contributed by atoms with Crippen molar-refractivity contribution in [3.8, 4) is 0 Å². The quantitative estimate of drug-likeness (QED) is 0.259. The van der Waals surface area contributed by atoms with E-state index in [1.807, 2.05) is 0 Å². The van der Waals surface area contributed by atoms with E-state index in [9.17, 15) is 10.1 Å². The van der Waals surface area contributed by atoms with E-state index >= 15 is 4.39 Å². The molecule has 0 aliphatic carbocycles. The fourth-order valence-corrected chi connectivity index (χ4v) is 4.86. The zero-order valence-electron chi connectivity index (χ0n) is 21.0. The third-order valence-corrected chi connectivity index (χ3v) is 6.96. The van der Waals surface area contributed by atoms with Crippen LogP contribution in [0.4, 0.5) is 21.8 Å². The molecule has 1 N–H and O–H groups in total. The summed E-state index contributed by atoms with van der Waals surface area (Å²) in [6.45, 7) is 7.25. The molecule has 196 valence electrons. The van der Waals surface area contributed by atoms with E-state index in [0.717, 1.165) is 52.2 Å². The molecule has 3 aromatic rings.